The van der Waals surface area contributed by atoms with Crippen molar-refractivity contribution in [2.75, 3.05) is 40.4 Å². The van der Waals surface area contributed by atoms with E-state index in [4.69, 9.17) is 22.8 Å². The van der Waals surface area contributed by atoms with E-state index in [1.54, 1.807) is 47.5 Å². The van der Waals surface area contributed by atoms with Gasteiger partial charge in [0.1, 0.15) is 5.70 Å². The summed E-state index contributed by atoms with van der Waals surface area (Å²) in [6, 6.07) is 7.11. The van der Waals surface area contributed by atoms with Gasteiger partial charge in [0.05, 0.1) is 19.8 Å². The maximum absolute atomic E-state index is 12.4. The van der Waals surface area contributed by atoms with Gasteiger partial charge in [0.2, 0.25) is 0 Å². The molecule has 9 heteroatoms. The van der Waals surface area contributed by atoms with E-state index < -0.39 is 20.7 Å². The molecule has 1 aliphatic rings. The van der Waals surface area contributed by atoms with Crippen LogP contribution in [-0.2, 0) is 32.3 Å². The average Bonchev–Trinajstić information content (AvgIpc) is 2.97. The number of hydrogen-bond donors (Lipinski definition) is 0. The highest BCUT2D eigenvalue weighted by atomic mass is 28.4. The zero-order valence-corrected chi connectivity index (χ0v) is 17.4. The summed E-state index contributed by atoms with van der Waals surface area (Å²) in [4.78, 5) is 26.2. The number of carbonyl (C=O) groups excluding carboxylic acids is 2. The van der Waals surface area contributed by atoms with Crippen LogP contribution >= 0.6 is 0 Å². The maximum Gasteiger partial charge on any atom is 0.536 e. The molecular weight excluding hydrogens is 382 g/mol. The van der Waals surface area contributed by atoms with Gasteiger partial charge in [-0.1, -0.05) is 18.2 Å². The molecule has 1 heterocycles. The van der Waals surface area contributed by atoms with Crippen molar-refractivity contribution in [2.45, 2.75) is 0 Å². The Morgan fingerprint density at radius 2 is 1.39 bits per heavy atom. The maximum atomic E-state index is 12.4. The second-order valence-corrected chi connectivity index (χ2v) is 8.45. The van der Waals surface area contributed by atoms with Crippen LogP contribution < -0.4 is 10.1 Å². The van der Waals surface area contributed by atoms with E-state index in [0.29, 0.717) is 5.69 Å². The van der Waals surface area contributed by atoms with Gasteiger partial charge in [-0.15, -0.1) is 0 Å². The van der Waals surface area contributed by atoms with Crippen molar-refractivity contribution in [1.29, 1.82) is 0 Å². The number of ether oxygens (including phenoxy) is 2. The van der Waals surface area contributed by atoms with Gasteiger partial charge in [0.25, 0.3) is 0 Å². The van der Waals surface area contributed by atoms with Crippen LogP contribution in [0.15, 0.2) is 60.0 Å². The normalized spacial score (nSPS) is 14.1. The number of allylic oxidation sites excluding steroid dienone is 2. The standard InChI is InChI=1S/C19H23NO7Si/c1-23-18(21)16-8-6-7-13-20(17(16)19(22)24-2)14-9-11-15(12-10-14)28(25-3,26-4)27-5/h6-13H,1-5H3. The highest BCUT2D eigenvalue weighted by molar-refractivity contribution is 6.75. The highest BCUT2D eigenvalue weighted by Crippen LogP contribution is 2.26. The summed E-state index contributed by atoms with van der Waals surface area (Å²) in [5.41, 5.74) is 0.746. The molecule has 0 bridgehead atoms. The molecule has 0 atom stereocenters. The summed E-state index contributed by atoms with van der Waals surface area (Å²) < 4.78 is 26.1. The zero-order valence-electron chi connectivity index (χ0n) is 16.4. The number of methoxy groups -OCH3 is 2. The van der Waals surface area contributed by atoms with Crippen LogP contribution in [0.4, 0.5) is 5.69 Å². The van der Waals surface area contributed by atoms with Gasteiger partial charge < -0.3 is 27.7 Å². The molecule has 0 aromatic heterocycles. The van der Waals surface area contributed by atoms with Crippen LogP contribution in [0.25, 0.3) is 0 Å². The number of esters is 2. The first-order chi connectivity index (χ1) is 13.5. The van der Waals surface area contributed by atoms with Crippen LogP contribution in [-0.4, -0.2) is 56.3 Å². The fraction of sp³-hybridized carbons (Fsp3) is 0.263. The Bertz CT molecular complexity index is 802. The number of benzene rings is 1. The van der Waals surface area contributed by atoms with Gasteiger partial charge in [-0.05, 0) is 24.3 Å². The largest absolute Gasteiger partial charge is 0.536 e. The Balaban J connectivity index is 2.55. The van der Waals surface area contributed by atoms with Gasteiger partial charge in [-0.25, -0.2) is 9.59 Å². The van der Waals surface area contributed by atoms with E-state index in [1.165, 1.54) is 41.6 Å². The van der Waals surface area contributed by atoms with Crippen LogP contribution in [0.5, 0.6) is 0 Å². The molecule has 0 fully saturated rings. The molecule has 0 saturated heterocycles. The third kappa shape index (κ3) is 4.07. The molecule has 0 radical (unpaired) electrons. The number of nitrogens with zero attached hydrogens (tertiary/aromatic N) is 1. The monoisotopic (exact) mass is 405 g/mol. The molecule has 0 aliphatic carbocycles. The predicted molar refractivity (Wildman–Crippen MR) is 105 cm³/mol. The Labute approximate surface area is 165 Å². The predicted octanol–water partition coefficient (Wildman–Crippen LogP) is 1.26. The lowest BCUT2D eigenvalue weighted by Crippen LogP contribution is -2.54. The van der Waals surface area contributed by atoms with Gasteiger partial charge in [-0.3, -0.25) is 0 Å². The average molecular weight is 405 g/mol. The number of anilines is 1. The summed E-state index contributed by atoms with van der Waals surface area (Å²) in [5, 5.41) is 0.748. The SMILES string of the molecule is COC(=O)C1=C(C(=O)OC)N(c2ccc([Si](OC)(OC)OC)cc2)C=CC=C1. The lowest BCUT2D eigenvalue weighted by atomic mass is 10.1. The molecule has 2 rings (SSSR count). The van der Waals surface area contributed by atoms with E-state index in [9.17, 15) is 9.59 Å². The third-order valence-corrected chi connectivity index (χ3v) is 6.85. The van der Waals surface area contributed by atoms with E-state index in [-0.39, 0.29) is 11.3 Å². The molecule has 1 aromatic carbocycles. The first-order valence-corrected chi connectivity index (χ1v) is 10.0. The molecular formula is C19H23NO7Si. The van der Waals surface area contributed by atoms with Crippen molar-refractivity contribution < 1.29 is 32.3 Å². The molecule has 28 heavy (non-hydrogen) atoms. The van der Waals surface area contributed by atoms with Crippen LogP contribution in [0, 0.1) is 0 Å². The molecule has 1 aromatic rings. The molecule has 0 saturated carbocycles. The number of rotatable bonds is 7. The first kappa shape index (κ1) is 21.6. The lowest BCUT2D eigenvalue weighted by Gasteiger charge is -2.26. The second kappa shape index (κ2) is 9.47. The van der Waals surface area contributed by atoms with Crippen LogP contribution in [0.2, 0.25) is 0 Å². The number of hydrogen-bond acceptors (Lipinski definition) is 8. The lowest BCUT2D eigenvalue weighted by molar-refractivity contribution is -0.139. The van der Waals surface area contributed by atoms with Crippen molar-refractivity contribution in [3.63, 3.8) is 0 Å². The van der Waals surface area contributed by atoms with Crippen molar-refractivity contribution in [3.05, 3.63) is 60.0 Å². The third-order valence-electron chi connectivity index (χ3n) is 4.19. The van der Waals surface area contributed by atoms with Gasteiger partial charge in [0, 0.05) is 38.4 Å². The smallest absolute Gasteiger partial charge is 0.465 e. The molecule has 8 nitrogen and oxygen atoms in total. The first-order valence-electron chi connectivity index (χ1n) is 8.29. The fourth-order valence-electron chi connectivity index (χ4n) is 2.80. The Kier molecular flexibility index (Phi) is 7.29. The summed E-state index contributed by atoms with van der Waals surface area (Å²) in [7, 11) is 4.09. The van der Waals surface area contributed by atoms with Crippen LogP contribution in [0.3, 0.4) is 0 Å². The summed E-state index contributed by atoms with van der Waals surface area (Å²) in [6.45, 7) is 0. The van der Waals surface area contributed by atoms with E-state index >= 15 is 0 Å². The van der Waals surface area contributed by atoms with Gasteiger partial charge >= 0.3 is 20.7 Å². The van der Waals surface area contributed by atoms with E-state index in [2.05, 4.69) is 0 Å². The highest BCUT2D eigenvalue weighted by Gasteiger charge is 2.40. The topological polar surface area (TPSA) is 83.5 Å². The molecule has 150 valence electrons. The minimum atomic E-state index is -2.99. The summed E-state index contributed by atoms with van der Waals surface area (Å²) in [5.74, 6) is -1.32. The second-order valence-electron chi connectivity index (χ2n) is 5.53. The minimum absolute atomic E-state index is 0.0424. The summed E-state index contributed by atoms with van der Waals surface area (Å²) in [6.07, 6.45) is 6.50. The molecule has 0 amide bonds. The van der Waals surface area contributed by atoms with Gasteiger partial charge in [-0.2, -0.15) is 0 Å². The summed E-state index contributed by atoms with van der Waals surface area (Å²) >= 11 is 0. The fourth-order valence-corrected chi connectivity index (χ4v) is 4.58. The molecule has 1 aliphatic heterocycles. The Morgan fingerprint density at radius 1 is 0.821 bits per heavy atom. The molecule has 0 spiro atoms. The minimum Gasteiger partial charge on any atom is -0.465 e. The van der Waals surface area contributed by atoms with Crippen molar-refractivity contribution in [2.24, 2.45) is 0 Å². The van der Waals surface area contributed by atoms with Crippen molar-refractivity contribution >= 4 is 31.6 Å². The number of carbonyl (C=O) groups is 2. The van der Waals surface area contributed by atoms with Crippen LogP contribution in [0.1, 0.15) is 0 Å². The van der Waals surface area contributed by atoms with Crippen molar-refractivity contribution in [1.82, 2.24) is 0 Å². The Morgan fingerprint density at radius 3 is 1.89 bits per heavy atom. The molecule has 0 N–H and O–H groups in total. The molecule has 0 unspecified atom stereocenters. The Hall–Kier alpha value is -2.72. The van der Waals surface area contributed by atoms with E-state index in [1.807, 2.05) is 0 Å². The van der Waals surface area contributed by atoms with E-state index in [0.717, 1.165) is 5.19 Å². The van der Waals surface area contributed by atoms with Gasteiger partial charge in [0.15, 0.2) is 0 Å². The van der Waals surface area contributed by atoms with Crippen molar-refractivity contribution in [3.8, 4) is 0 Å². The zero-order chi connectivity index (χ0) is 20.7. The quantitative estimate of drug-likeness (QED) is 0.495.